The first-order valence-corrected chi connectivity index (χ1v) is 5.17. The number of rotatable bonds is 3. The van der Waals surface area contributed by atoms with E-state index in [9.17, 15) is 4.79 Å². The van der Waals surface area contributed by atoms with E-state index in [0.29, 0.717) is 6.54 Å². The molecule has 0 saturated carbocycles. The monoisotopic (exact) mass is 259 g/mol. The highest BCUT2D eigenvalue weighted by Crippen LogP contribution is 2.19. The third-order valence-corrected chi connectivity index (χ3v) is 2.17. The molecule has 0 aromatic carbocycles. The zero-order valence-electron chi connectivity index (χ0n) is 8.58. The molecule has 0 aliphatic heterocycles. The SMILES string of the molecule is CN(Cc1ccco1)C(=O)C(C)(C)Br. The van der Waals surface area contributed by atoms with Gasteiger partial charge in [-0.2, -0.15) is 0 Å². The lowest BCUT2D eigenvalue weighted by atomic mass is 10.2. The van der Waals surface area contributed by atoms with E-state index in [1.165, 1.54) is 0 Å². The van der Waals surface area contributed by atoms with Crippen LogP contribution in [-0.2, 0) is 11.3 Å². The second kappa shape index (κ2) is 4.17. The van der Waals surface area contributed by atoms with Gasteiger partial charge in [-0.3, -0.25) is 4.79 Å². The Hall–Kier alpha value is -0.770. The maximum absolute atomic E-state index is 11.7. The number of alkyl halides is 1. The minimum Gasteiger partial charge on any atom is -0.467 e. The number of hydrogen-bond acceptors (Lipinski definition) is 2. The number of halogens is 1. The summed E-state index contributed by atoms with van der Waals surface area (Å²) < 4.78 is 4.64. The average Bonchev–Trinajstić information content (AvgIpc) is 2.53. The van der Waals surface area contributed by atoms with Crippen molar-refractivity contribution in [2.75, 3.05) is 7.05 Å². The van der Waals surface area contributed by atoms with Gasteiger partial charge in [0.2, 0.25) is 5.91 Å². The number of furan rings is 1. The second-order valence-corrected chi connectivity index (χ2v) is 5.70. The molecule has 0 N–H and O–H groups in total. The second-order valence-electron chi connectivity index (χ2n) is 3.71. The Morgan fingerprint density at radius 1 is 1.64 bits per heavy atom. The summed E-state index contributed by atoms with van der Waals surface area (Å²) in [5, 5.41) is 0. The first kappa shape index (κ1) is 11.3. The lowest BCUT2D eigenvalue weighted by Gasteiger charge is -2.23. The Balaban J connectivity index is 2.59. The van der Waals surface area contributed by atoms with Gasteiger partial charge in [0.15, 0.2) is 0 Å². The third-order valence-electron chi connectivity index (χ3n) is 1.83. The van der Waals surface area contributed by atoms with Crippen LogP contribution in [0.4, 0.5) is 0 Å². The van der Waals surface area contributed by atoms with Gasteiger partial charge >= 0.3 is 0 Å². The molecule has 0 atom stereocenters. The molecule has 78 valence electrons. The normalized spacial score (nSPS) is 11.4. The molecular formula is C10H14BrNO2. The molecule has 1 aromatic rings. The van der Waals surface area contributed by atoms with E-state index in [1.807, 2.05) is 26.0 Å². The molecule has 1 rings (SSSR count). The molecule has 1 heterocycles. The van der Waals surface area contributed by atoms with Crippen molar-refractivity contribution in [2.45, 2.75) is 24.7 Å². The molecule has 0 spiro atoms. The predicted molar refractivity (Wildman–Crippen MR) is 58.2 cm³/mol. The minimum atomic E-state index is -0.520. The van der Waals surface area contributed by atoms with Gasteiger partial charge < -0.3 is 9.32 Å². The Labute approximate surface area is 92.2 Å². The van der Waals surface area contributed by atoms with Gasteiger partial charge in [0, 0.05) is 7.05 Å². The van der Waals surface area contributed by atoms with Gasteiger partial charge in [-0.25, -0.2) is 0 Å². The number of amides is 1. The van der Waals surface area contributed by atoms with Crippen molar-refractivity contribution in [3.63, 3.8) is 0 Å². The first-order valence-electron chi connectivity index (χ1n) is 4.38. The average molecular weight is 260 g/mol. The van der Waals surface area contributed by atoms with E-state index in [4.69, 9.17) is 4.42 Å². The van der Waals surface area contributed by atoms with Crippen LogP contribution in [0.15, 0.2) is 22.8 Å². The van der Waals surface area contributed by atoms with Gasteiger partial charge in [0.05, 0.1) is 17.1 Å². The van der Waals surface area contributed by atoms with Crippen LogP contribution in [0.1, 0.15) is 19.6 Å². The molecule has 4 heteroatoms. The summed E-state index contributed by atoms with van der Waals surface area (Å²) in [6.45, 7) is 4.16. The van der Waals surface area contributed by atoms with E-state index in [2.05, 4.69) is 15.9 Å². The van der Waals surface area contributed by atoms with Gasteiger partial charge in [-0.1, -0.05) is 15.9 Å². The van der Waals surface area contributed by atoms with Crippen LogP contribution in [0.2, 0.25) is 0 Å². The van der Waals surface area contributed by atoms with Crippen molar-refractivity contribution in [2.24, 2.45) is 0 Å². The van der Waals surface area contributed by atoms with Crippen LogP contribution in [0.25, 0.3) is 0 Å². The van der Waals surface area contributed by atoms with Crippen LogP contribution in [0, 0.1) is 0 Å². The van der Waals surface area contributed by atoms with Crippen molar-refractivity contribution in [3.8, 4) is 0 Å². The maximum atomic E-state index is 11.7. The molecule has 1 aromatic heterocycles. The molecule has 0 aliphatic carbocycles. The quantitative estimate of drug-likeness (QED) is 0.782. The first-order chi connectivity index (χ1) is 6.41. The standard InChI is InChI=1S/C10H14BrNO2/c1-10(2,11)9(13)12(3)7-8-5-4-6-14-8/h4-6H,7H2,1-3H3. The van der Waals surface area contributed by atoms with Gasteiger partial charge in [-0.15, -0.1) is 0 Å². The molecule has 0 bridgehead atoms. The van der Waals surface area contributed by atoms with Gasteiger partial charge in [0.1, 0.15) is 5.76 Å². The van der Waals surface area contributed by atoms with Crippen LogP contribution in [-0.4, -0.2) is 22.2 Å². The fourth-order valence-corrected chi connectivity index (χ4v) is 1.46. The lowest BCUT2D eigenvalue weighted by Crippen LogP contribution is -2.38. The van der Waals surface area contributed by atoms with Crippen molar-refractivity contribution >= 4 is 21.8 Å². The summed E-state index contributed by atoms with van der Waals surface area (Å²) in [6.07, 6.45) is 1.60. The number of nitrogens with zero attached hydrogens (tertiary/aromatic N) is 1. The summed E-state index contributed by atoms with van der Waals surface area (Å²) >= 11 is 3.33. The van der Waals surface area contributed by atoms with Crippen LogP contribution < -0.4 is 0 Å². The number of carbonyl (C=O) groups excluding carboxylic acids is 1. The van der Waals surface area contributed by atoms with Crippen molar-refractivity contribution in [1.29, 1.82) is 0 Å². The van der Waals surface area contributed by atoms with E-state index >= 15 is 0 Å². The van der Waals surface area contributed by atoms with E-state index < -0.39 is 4.32 Å². The third kappa shape index (κ3) is 2.87. The zero-order valence-corrected chi connectivity index (χ0v) is 10.2. The van der Waals surface area contributed by atoms with Crippen LogP contribution in [0.3, 0.4) is 0 Å². The molecule has 3 nitrogen and oxygen atoms in total. The molecule has 0 unspecified atom stereocenters. The molecular weight excluding hydrogens is 246 g/mol. The Bertz CT molecular complexity index is 300. The highest BCUT2D eigenvalue weighted by atomic mass is 79.9. The Morgan fingerprint density at radius 3 is 2.71 bits per heavy atom. The van der Waals surface area contributed by atoms with Gasteiger partial charge in [0.25, 0.3) is 0 Å². The fourth-order valence-electron chi connectivity index (χ4n) is 1.16. The van der Waals surface area contributed by atoms with Crippen LogP contribution in [0.5, 0.6) is 0 Å². The molecule has 1 amide bonds. The highest BCUT2D eigenvalue weighted by molar-refractivity contribution is 9.10. The molecule has 0 saturated heterocycles. The van der Waals surface area contributed by atoms with Gasteiger partial charge in [-0.05, 0) is 26.0 Å². The van der Waals surface area contributed by atoms with Crippen molar-refractivity contribution in [1.82, 2.24) is 4.90 Å². The minimum absolute atomic E-state index is 0.0360. The number of carbonyl (C=O) groups is 1. The highest BCUT2D eigenvalue weighted by Gasteiger charge is 2.27. The largest absolute Gasteiger partial charge is 0.467 e. The van der Waals surface area contributed by atoms with Crippen molar-refractivity contribution < 1.29 is 9.21 Å². The predicted octanol–water partition coefficient (Wildman–Crippen LogP) is 2.41. The summed E-state index contributed by atoms with van der Waals surface area (Å²) in [4.78, 5) is 13.4. The summed E-state index contributed by atoms with van der Waals surface area (Å²) in [5.41, 5.74) is 0. The number of hydrogen-bond donors (Lipinski definition) is 0. The van der Waals surface area contributed by atoms with E-state index in [1.54, 1.807) is 18.2 Å². The molecule has 0 aliphatic rings. The lowest BCUT2D eigenvalue weighted by molar-refractivity contribution is -0.132. The molecule has 0 radical (unpaired) electrons. The topological polar surface area (TPSA) is 33.5 Å². The Kier molecular flexibility index (Phi) is 3.37. The van der Waals surface area contributed by atoms with E-state index in [0.717, 1.165) is 5.76 Å². The summed E-state index contributed by atoms with van der Waals surface area (Å²) in [6, 6.07) is 3.66. The maximum Gasteiger partial charge on any atom is 0.239 e. The summed E-state index contributed by atoms with van der Waals surface area (Å²) in [5.74, 6) is 0.825. The zero-order chi connectivity index (χ0) is 10.8. The molecule has 14 heavy (non-hydrogen) atoms. The Morgan fingerprint density at radius 2 is 2.29 bits per heavy atom. The smallest absolute Gasteiger partial charge is 0.239 e. The molecule has 0 fully saturated rings. The fraction of sp³-hybridized carbons (Fsp3) is 0.500. The summed E-state index contributed by atoms with van der Waals surface area (Å²) in [7, 11) is 1.76. The van der Waals surface area contributed by atoms with E-state index in [-0.39, 0.29) is 5.91 Å². The van der Waals surface area contributed by atoms with Crippen molar-refractivity contribution in [3.05, 3.63) is 24.2 Å². The van der Waals surface area contributed by atoms with Crippen LogP contribution >= 0.6 is 15.9 Å².